The molecule has 20 heavy (non-hydrogen) atoms. The number of nitrogen functional groups attached to an aromatic ring is 1. The molecular formula is C13H14N4O3. The molecule has 1 saturated heterocycles. The number of nitrogens with zero attached hydrogens (tertiary/aromatic N) is 3. The fourth-order valence-corrected chi connectivity index (χ4v) is 2.62. The molecule has 7 heteroatoms. The van der Waals surface area contributed by atoms with Crippen LogP contribution in [0, 0.1) is 11.3 Å². The molecule has 1 fully saturated rings. The lowest BCUT2D eigenvalue weighted by Gasteiger charge is -2.24. The second kappa shape index (κ2) is 4.45. The van der Waals surface area contributed by atoms with Gasteiger partial charge in [-0.15, -0.1) is 0 Å². The fourth-order valence-electron chi connectivity index (χ4n) is 2.62. The van der Waals surface area contributed by atoms with Crippen molar-refractivity contribution in [3.05, 3.63) is 30.1 Å². The quantitative estimate of drug-likeness (QED) is 0.697. The molecule has 0 spiro atoms. The van der Waals surface area contributed by atoms with Crippen LogP contribution in [0.15, 0.2) is 24.4 Å². The summed E-state index contributed by atoms with van der Waals surface area (Å²) in [6.45, 7) is -0.251. The molecule has 3 atom stereocenters. The van der Waals surface area contributed by atoms with Gasteiger partial charge in [0.05, 0.1) is 29.6 Å². The Morgan fingerprint density at radius 3 is 3.00 bits per heavy atom. The predicted molar refractivity (Wildman–Crippen MR) is 69.5 cm³/mol. The fraction of sp³-hybridized carbons (Fsp3) is 0.385. The van der Waals surface area contributed by atoms with E-state index in [0.717, 1.165) is 0 Å². The first kappa shape index (κ1) is 12.9. The van der Waals surface area contributed by atoms with Crippen LogP contribution in [0.4, 0.5) is 5.69 Å². The Bertz CT molecular complexity index is 692. The zero-order valence-electron chi connectivity index (χ0n) is 10.6. The maximum absolute atomic E-state index is 10.2. The first-order valence-electron chi connectivity index (χ1n) is 6.23. The molecule has 1 aliphatic rings. The van der Waals surface area contributed by atoms with Gasteiger partial charge in [0, 0.05) is 12.6 Å². The molecule has 4 N–H and O–H groups in total. The van der Waals surface area contributed by atoms with Gasteiger partial charge >= 0.3 is 0 Å². The second-order valence-corrected chi connectivity index (χ2v) is 4.82. The summed E-state index contributed by atoms with van der Waals surface area (Å²) in [5.41, 5.74) is 5.88. The molecule has 7 nitrogen and oxygen atoms in total. The van der Waals surface area contributed by atoms with Crippen LogP contribution in [0.25, 0.3) is 5.52 Å². The zero-order chi connectivity index (χ0) is 14.3. The monoisotopic (exact) mass is 274 g/mol. The molecule has 0 bridgehead atoms. The third-order valence-electron chi connectivity index (χ3n) is 3.65. The predicted octanol–water partition coefficient (Wildman–Crippen LogP) is -0.223. The summed E-state index contributed by atoms with van der Waals surface area (Å²) in [4.78, 5) is 0. The van der Waals surface area contributed by atoms with Gasteiger partial charge in [0.1, 0.15) is 12.2 Å². The molecule has 104 valence electrons. The van der Waals surface area contributed by atoms with Crippen LogP contribution in [0.1, 0.15) is 12.1 Å². The number of hydrogen-bond acceptors (Lipinski definition) is 6. The molecule has 0 amide bonds. The minimum atomic E-state index is -1.54. The van der Waals surface area contributed by atoms with E-state index >= 15 is 0 Å². The first-order chi connectivity index (χ1) is 9.62. The maximum atomic E-state index is 10.2. The Labute approximate surface area is 114 Å². The highest BCUT2D eigenvalue weighted by Gasteiger charge is 2.51. The van der Waals surface area contributed by atoms with Crippen molar-refractivity contribution in [2.24, 2.45) is 0 Å². The van der Waals surface area contributed by atoms with Crippen molar-refractivity contribution in [1.29, 1.82) is 5.26 Å². The van der Waals surface area contributed by atoms with Gasteiger partial charge < -0.3 is 20.7 Å². The standard InChI is InChI=1S/C13H14N4O3/c14-7-13(12(19)5-8(6-18)20-13)11-2-1-10-9(15)3-4-16-17(10)11/h1-4,8,12,18-19H,5-6,15H2/t8-,12+,13-/m0/s1. The van der Waals surface area contributed by atoms with E-state index in [1.54, 1.807) is 18.2 Å². The molecule has 3 rings (SSSR count). The molecule has 0 aliphatic carbocycles. The topological polar surface area (TPSA) is 117 Å². The van der Waals surface area contributed by atoms with Gasteiger partial charge in [0.15, 0.2) is 0 Å². The summed E-state index contributed by atoms with van der Waals surface area (Å²) in [6, 6.07) is 7.05. The van der Waals surface area contributed by atoms with Crippen LogP contribution < -0.4 is 5.73 Å². The van der Waals surface area contributed by atoms with E-state index in [4.69, 9.17) is 10.5 Å². The third kappa shape index (κ3) is 1.59. The molecule has 0 aromatic carbocycles. The van der Waals surface area contributed by atoms with Crippen molar-refractivity contribution in [3.8, 4) is 6.07 Å². The van der Waals surface area contributed by atoms with E-state index < -0.39 is 17.8 Å². The highest BCUT2D eigenvalue weighted by molar-refractivity contribution is 5.69. The second-order valence-electron chi connectivity index (χ2n) is 4.82. The van der Waals surface area contributed by atoms with E-state index in [2.05, 4.69) is 5.10 Å². The number of hydrogen-bond donors (Lipinski definition) is 3. The lowest BCUT2D eigenvalue weighted by Crippen LogP contribution is -2.36. The summed E-state index contributed by atoms with van der Waals surface area (Å²) in [7, 11) is 0. The lowest BCUT2D eigenvalue weighted by molar-refractivity contribution is -0.0630. The summed E-state index contributed by atoms with van der Waals surface area (Å²) in [6.07, 6.45) is 0.101. The normalized spacial score (nSPS) is 29.6. The van der Waals surface area contributed by atoms with Crippen LogP contribution in [-0.2, 0) is 10.3 Å². The van der Waals surface area contributed by atoms with Crippen molar-refractivity contribution in [1.82, 2.24) is 9.61 Å². The molecule has 0 radical (unpaired) electrons. The Balaban J connectivity index is 2.18. The van der Waals surface area contributed by atoms with Crippen LogP contribution >= 0.6 is 0 Å². The van der Waals surface area contributed by atoms with Crippen molar-refractivity contribution in [2.45, 2.75) is 24.2 Å². The maximum Gasteiger partial charge on any atom is 0.222 e. The van der Waals surface area contributed by atoms with Crippen molar-refractivity contribution < 1.29 is 14.9 Å². The van der Waals surface area contributed by atoms with E-state index in [1.165, 1.54) is 10.7 Å². The molecule has 0 saturated carbocycles. The highest BCUT2D eigenvalue weighted by atomic mass is 16.5. The third-order valence-corrected chi connectivity index (χ3v) is 3.65. The van der Waals surface area contributed by atoms with Gasteiger partial charge in [-0.25, -0.2) is 4.52 Å². The SMILES string of the molecule is N#C[C@@]1(c2ccc3c(N)ccnn23)O[C@H](CO)C[C@H]1O. The number of nitriles is 1. The number of fused-ring (bicyclic) bond motifs is 1. The number of rotatable bonds is 2. The van der Waals surface area contributed by atoms with E-state index in [0.29, 0.717) is 16.9 Å². The van der Waals surface area contributed by atoms with Crippen LogP contribution in [0.2, 0.25) is 0 Å². The Hall–Kier alpha value is -2.14. The van der Waals surface area contributed by atoms with Gasteiger partial charge in [-0.2, -0.15) is 10.4 Å². The van der Waals surface area contributed by atoms with Crippen molar-refractivity contribution >= 4 is 11.2 Å². The van der Waals surface area contributed by atoms with Gasteiger partial charge in [-0.3, -0.25) is 0 Å². The molecular weight excluding hydrogens is 260 g/mol. The van der Waals surface area contributed by atoms with Gasteiger partial charge in [-0.05, 0) is 18.2 Å². The number of aromatic nitrogens is 2. The Kier molecular flexibility index (Phi) is 2.87. The average Bonchev–Trinajstić information content (AvgIpc) is 3.01. The zero-order valence-corrected chi connectivity index (χ0v) is 10.6. The summed E-state index contributed by atoms with van der Waals surface area (Å²) >= 11 is 0. The van der Waals surface area contributed by atoms with Gasteiger partial charge in [0.25, 0.3) is 0 Å². The highest BCUT2D eigenvalue weighted by Crippen LogP contribution is 2.39. The first-order valence-corrected chi connectivity index (χ1v) is 6.23. The van der Waals surface area contributed by atoms with E-state index in [1.807, 2.05) is 6.07 Å². The molecule has 2 aromatic heterocycles. The Morgan fingerprint density at radius 2 is 2.35 bits per heavy atom. The molecule has 1 aliphatic heterocycles. The molecule has 0 unspecified atom stereocenters. The number of anilines is 1. The number of ether oxygens (including phenoxy) is 1. The smallest absolute Gasteiger partial charge is 0.222 e. The number of aliphatic hydroxyl groups excluding tert-OH is 2. The summed E-state index contributed by atoms with van der Waals surface area (Å²) in [5.74, 6) is 0. The Morgan fingerprint density at radius 1 is 1.55 bits per heavy atom. The lowest BCUT2D eigenvalue weighted by atomic mass is 9.94. The van der Waals surface area contributed by atoms with Crippen molar-refractivity contribution in [2.75, 3.05) is 12.3 Å². The summed E-state index contributed by atoms with van der Waals surface area (Å²) in [5, 5.41) is 33.1. The minimum absolute atomic E-state index is 0.194. The van der Waals surface area contributed by atoms with Crippen molar-refractivity contribution in [3.63, 3.8) is 0 Å². The molecule has 2 aromatic rings. The largest absolute Gasteiger partial charge is 0.397 e. The number of aliphatic hydroxyl groups is 2. The minimum Gasteiger partial charge on any atom is -0.397 e. The number of nitrogens with two attached hydrogens (primary N) is 1. The van der Waals surface area contributed by atoms with E-state index in [-0.39, 0.29) is 13.0 Å². The van der Waals surface area contributed by atoms with Gasteiger partial charge in [-0.1, -0.05) is 0 Å². The van der Waals surface area contributed by atoms with Crippen LogP contribution in [0.5, 0.6) is 0 Å². The van der Waals surface area contributed by atoms with Crippen LogP contribution in [0.3, 0.4) is 0 Å². The average molecular weight is 274 g/mol. The summed E-state index contributed by atoms with van der Waals surface area (Å²) < 4.78 is 7.08. The van der Waals surface area contributed by atoms with E-state index in [9.17, 15) is 15.5 Å². The van der Waals surface area contributed by atoms with Gasteiger partial charge in [0.2, 0.25) is 5.60 Å². The van der Waals surface area contributed by atoms with Crippen LogP contribution in [-0.4, -0.2) is 38.6 Å². The molecule has 3 heterocycles.